The second-order valence-corrected chi connectivity index (χ2v) is 7.95. The quantitative estimate of drug-likeness (QED) is 0.604. The molecule has 0 saturated heterocycles. The zero-order valence-corrected chi connectivity index (χ0v) is 16.8. The smallest absolute Gasteiger partial charge is 0.0240 e. The molecule has 0 aromatic heterocycles. The third-order valence-electron chi connectivity index (χ3n) is 5.80. The van der Waals surface area contributed by atoms with Gasteiger partial charge in [0.1, 0.15) is 0 Å². The number of hydrogen-bond donors (Lipinski definition) is 1. The van der Waals surface area contributed by atoms with Crippen molar-refractivity contribution in [2.24, 2.45) is 0 Å². The van der Waals surface area contributed by atoms with Crippen LogP contribution in [0.4, 0.5) is 0 Å². The van der Waals surface area contributed by atoms with Crippen molar-refractivity contribution in [3.8, 4) is 0 Å². The van der Waals surface area contributed by atoms with Gasteiger partial charge in [-0.3, -0.25) is 4.90 Å². The molecule has 28 heavy (non-hydrogen) atoms. The lowest BCUT2D eigenvalue weighted by molar-refractivity contribution is 0.170. The summed E-state index contributed by atoms with van der Waals surface area (Å²) in [5.74, 6) is 0. The average molecular weight is 371 g/mol. The van der Waals surface area contributed by atoms with Crippen LogP contribution < -0.4 is 5.32 Å². The van der Waals surface area contributed by atoms with Gasteiger partial charge in [0.05, 0.1) is 0 Å². The Hall–Kier alpha value is -2.42. The number of fused-ring (bicyclic) bond motifs is 1. The second kappa shape index (κ2) is 9.18. The molecule has 0 saturated carbocycles. The number of hydrogen-bond acceptors (Lipinski definition) is 2. The second-order valence-electron chi connectivity index (χ2n) is 7.95. The molecule has 0 amide bonds. The van der Waals surface area contributed by atoms with Crippen LogP contribution in [-0.2, 0) is 25.9 Å². The van der Waals surface area contributed by atoms with Crippen molar-refractivity contribution in [2.75, 3.05) is 13.1 Å². The van der Waals surface area contributed by atoms with Crippen molar-refractivity contribution in [2.45, 2.75) is 38.9 Å². The Labute approximate surface area is 169 Å². The van der Waals surface area contributed by atoms with Crippen LogP contribution in [0.5, 0.6) is 0 Å². The van der Waals surface area contributed by atoms with Crippen LogP contribution in [0.1, 0.15) is 27.8 Å². The molecular formula is C26H30N2. The van der Waals surface area contributed by atoms with Crippen LogP contribution in [0.3, 0.4) is 0 Å². The molecule has 1 N–H and O–H groups in total. The summed E-state index contributed by atoms with van der Waals surface area (Å²) in [5, 5.41) is 3.64. The summed E-state index contributed by atoms with van der Waals surface area (Å²) in [6.45, 7) is 6.23. The molecule has 0 bridgehead atoms. The molecule has 1 aliphatic rings. The first-order valence-corrected chi connectivity index (χ1v) is 10.4. The molecule has 0 aliphatic carbocycles. The van der Waals surface area contributed by atoms with Crippen molar-refractivity contribution < 1.29 is 0 Å². The number of nitrogens with zero attached hydrogens (tertiary/aromatic N) is 1. The van der Waals surface area contributed by atoms with Gasteiger partial charge in [-0.15, -0.1) is 0 Å². The van der Waals surface area contributed by atoms with Gasteiger partial charge in [-0.25, -0.2) is 0 Å². The summed E-state index contributed by atoms with van der Waals surface area (Å²) in [6, 6.07) is 29.3. The lowest BCUT2D eigenvalue weighted by Gasteiger charge is -2.37. The highest BCUT2D eigenvalue weighted by molar-refractivity contribution is 5.31. The number of aryl methyl sites for hydroxylation is 1. The monoisotopic (exact) mass is 370 g/mol. The van der Waals surface area contributed by atoms with E-state index >= 15 is 0 Å². The third kappa shape index (κ3) is 4.89. The maximum atomic E-state index is 3.64. The van der Waals surface area contributed by atoms with E-state index in [1.54, 1.807) is 0 Å². The first-order valence-electron chi connectivity index (χ1n) is 10.4. The highest BCUT2D eigenvalue weighted by atomic mass is 15.2. The molecule has 1 unspecified atom stereocenters. The fourth-order valence-electron chi connectivity index (χ4n) is 4.15. The van der Waals surface area contributed by atoms with E-state index in [0.717, 1.165) is 39.0 Å². The molecule has 144 valence electrons. The first kappa shape index (κ1) is 18.9. The standard InChI is InChI=1S/C26H30N2/c1-21-11-13-23(14-12-21)19-27-15-16-28-20-25-10-6-5-9-24(25)18-26(28)17-22-7-3-2-4-8-22/h2-14,26-27H,15-20H2,1H3. The minimum Gasteiger partial charge on any atom is -0.311 e. The molecule has 3 aromatic carbocycles. The Balaban J connectivity index is 1.38. The zero-order valence-electron chi connectivity index (χ0n) is 16.8. The van der Waals surface area contributed by atoms with Gasteiger partial charge in [0.15, 0.2) is 0 Å². The molecule has 1 atom stereocenters. The fraction of sp³-hybridized carbons (Fsp3) is 0.308. The van der Waals surface area contributed by atoms with Crippen LogP contribution in [-0.4, -0.2) is 24.0 Å². The summed E-state index contributed by atoms with van der Waals surface area (Å²) in [5.41, 5.74) is 7.12. The van der Waals surface area contributed by atoms with E-state index in [2.05, 4.69) is 96.0 Å². The van der Waals surface area contributed by atoms with Crippen LogP contribution >= 0.6 is 0 Å². The maximum absolute atomic E-state index is 3.64. The van der Waals surface area contributed by atoms with Crippen molar-refractivity contribution >= 4 is 0 Å². The van der Waals surface area contributed by atoms with Gasteiger partial charge in [-0.1, -0.05) is 84.4 Å². The molecule has 1 aliphatic heterocycles. The van der Waals surface area contributed by atoms with Crippen LogP contribution in [0.15, 0.2) is 78.9 Å². The highest BCUT2D eigenvalue weighted by Gasteiger charge is 2.25. The van der Waals surface area contributed by atoms with Gasteiger partial charge in [-0.05, 0) is 42.0 Å². The van der Waals surface area contributed by atoms with Gasteiger partial charge < -0.3 is 5.32 Å². The molecule has 0 fully saturated rings. The maximum Gasteiger partial charge on any atom is 0.0240 e. The van der Waals surface area contributed by atoms with Crippen LogP contribution in [0.25, 0.3) is 0 Å². The van der Waals surface area contributed by atoms with Crippen molar-refractivity contribution in [3.63, 3.8) is 0 Å². The Bertz CT molecular complexity index is 870. The van der Waals surface area contributed by atoms with Gasteiger partial charge in [0.25, 0.3) is 0 Å². The summed E-state index contributed by atoms with van der Waals surface area (Å²) in [6.07, 6.45) is 2.26. The van der Waals surface area contributed by atoms with E-state index in [0.29, 0.717) is 6.04 Å². The zero-order chi connectivity index (χ0) is 19.2. The van der Waals surface area contributed by atoms with Crippen molar-refractivity contribution in [1.29, 1.82) is 0 Å². The van der Waals surface area contributed by atoms with Gasteiger partial charge in [0.2, 0.25) is 0 Å². The number of nitrogens with one attached hydrogen (secondary N) is 1. The Morgan fingerprint density at radius 2 is 1.54 bits per heavy atom. The Kier molecular flexibility index (Phi) is 6.20. The summed E-state index contributed by atoms with van der Waals surface area (Å²) in [4.78, 5) is 2.66. The van der Waals surface area contributed by atoms with E-state index in [-0.39, 0.29) is 0 Å². The van der Waals surface area contributed by atoms with Gasteiger partial charge >= 0.3 is 0 Å². The summed E-state index contributed by atoms with van der Waals surface area (Å²) in [7, 11) is 0. The van der Waals surface area contributed by atoms with E-state index < -0.39 is 0 Å². The van der Waals surface area contributed by atoms with E-state index in [4.69, 9.17) is 0 Å². The van der Waals surface area contributed by atoms with Gasteiger partial charge in [-0.2, -0.15) is 0 Å². The van der Waals surface area contributed by atoms with E-state index in [1.807, 2.05) is 0 Å². The van der Waals surface area contributed by atoms with E-state index in [9.17, 15) is 0 Å². The molecular weight excluding hydrogens is 340 g/mol. The van der Waals surface area contributed by atoms with Crippen molar-refractivity contribution in [1.82, 2.24) is 10.2 Å². The Morgan fingerprint density at radius 3 is 2.32 bits per heavy atom. The van der Waals surface area contributed by atoms with Crippen molar-refractivity contribution in [3.05, 3.63) is 107 Å². The molecule has 2 nitrogen and oxygen atoms in total. The topological polar surface area (TPSA) is 15.3 Å². The number of rotatable bonds is 7. The Morgan fingerprint density at radius 1 is 0.821 bits per heavy atom. The first-order chi connectivity index (χ1) is 13.8. The lowest BCUT2D eigenvalue weighted by Crippen LogP contribution is -2.44. The fourth-order valence-corrected chi connectivity index (χ4v) is 4.15. The molecule has 4 rings (SSSR count). The predicted octanol–water partition coefficient (Wildman–Crippen LogP) is 4.75. The normalized spacial score (nSPS) is 16.7. The predicted molar refractivity (Wildman–Crippen MR) is 117 cm³/mol. The largest absolute Gasteiger partial charge is 0.311 e. The minimum atomic E-state index is 0.568. The van der Waals surface area contributed by atoms with Gasteiger partial charge in [0, 0.05) is 32.2 Å². The lowest BCUT2D eigenvalue weighted by atomic mass is 9.90. The molecule has 1 heterocycles. The SMILES string of the molecule is Cc1ccc(CNCCN2Cc3ccccc3CC2Cc2ccccc2)cc1. The van der Waals surface area contributed by atoms with Crippen LogP contribution in [0.2, 0.25) is 0 Å². The minimum absolute atomic E-state index is 0.568. The third-order valence-corrected chi connectivity index (χ3v) is 5.80. The summed E-state index contributed by atoms with van der Waals surface area (Å²) < 4.78 is 0. The summed E-state index contributed by atoms with van der Waals surface area (Å²) >= 11 is 0. The highest BCUT2D eigenvalue weighted by Crippen LogP contribution is 2.25. The average Bonchev–Trinajstić information content (AvgIpc) is 2.73. The molecule has 0 spiro atoms. The molecule has 3 aromatic rings. The molecule has 0 radical (unpaired) electrons. The number of benzene rings is 3. The van der Waals surface area contributed by atoms with E-state index in [1.165, 1.54) is 27.8 Å². The molecule has 2 heteroatoms. The van der Waals surface area contributed by atoms with Crippen LogP contribution in [0, 0.1) is 6.92 Å².